The SMILES string of the molecule is COC(=O)CCc1csc(Nc2ccc(CC#N)cc2)n1. The zero-order valence-corrected chi connectivity index (χ0v) is 12.4. The summed E-state index contributed by atoms with van der Waals surface area (Å²) in [4.78, 5) is 15.5. The summed E-state index contributed by atoms with van der Waals surface area (Å²) < 4.78 is 4.60. The standard InChI is InChI=1S/C15H15N3O2S/c1-20-14(19)7-6-13-10-21-15(18-13)17-12-4-2-11(3-5-12)8-9-16/h2-5,10H,6-8H2,1H3,(H,17,18). The van der Waals surface area contributed by atoms with Gasteiger partial charge in [-0.2, -0.15) is 5.26 Å². The van der Waals surface area contributed by atoms with Gasteiger partial charge >= 0.3 is 5.97 Å². The molecule has 1 N–H and O–H groups in total. The van der Waals surface area contributed by atoms with Crippen molar-refractivity contribution in [3.8, 4) is 6.07 Å². The third kappa shape index (κ3) is 4.58. The van der Waals surface area contributed by atoms with Crippen LogP contribution in [-0.4, -0.2) is 18.1 Å². The lowest BCUT2D eigenvalue weighted by Gasteiger charge is -2.03. The molecule has 0 saturated carbocycles. The highest BCUT2D eigenvalue weighted by Gasteiger charge is 2.06. The molecule has 0 bridgehead atoms. The molecule has 0 aliphatic rings. The zero-order chi connectivity index (χ0) is 15.1. The predicted molar refractivity (Wildman–Crippen MR) is 81.5 cm³/mol. The van der Waals surface area contributed by atoms with Gasteiger partial charge in [0.15, 0.2) is 5.13 Å². The number of carbonyl (C=O) groups excluding carboxylic acids is 1. The maximum absolute atomic E-state index is 11.1. The molecule has 108 valence electrons. The van der Waals surface area contributed by atoms with Gasteiger partial charge in [-0.05, 0) is 17.7 Å². The Morgan fingerprint density at radius 3 is 2.86 bits per heavy atom. The number of anilines is 2. The van der Waals surface area contributed by atoms with Gasteiger partial charge in [-0.1, -0.05) is 12.1 Å². The van der Waals surface area contributed by atoms with Crippen LogP contribution in [0.25, 0.3) is 0 Å². The number of hydrogen-bond donors (Lipinski definition) is 1. The van der Waals surface area contributed by atoms with Gasteiger partial charge in [0.05, 0.1) is 31.7 Å². The van der Waals surface area contributed by atoms with Crippen LogP contribution in [0.15, 0.2) is 29.6 Å². The lowest BCUT2D eigenvalue weighted by molar-refractivity contribution is -0.140. The summed E-state index contributed by atoms with van der Waals surface area (Å²) in [5.74, 6) is -0.231. The van der Waals surface area contributed by atoms with Crippen LogP contribution in [0.5, 0.6) is 0 Å². The molecule has 0 atom stereocenters. The molecule has 0 amide bonds. The number of benzene rings is 1. The number of hydrogen-bond acceptors (Lipinski definition) is 6. The summed E-state index contributed by atoms with van der Waals surface area (Å²) in [6, 6.07) is 9.78. The molecule has 1 heterocycles. The Kier molecular flexibility index (Phi) is 5.29. The minimum Gasteiger partial charge on any atom is -0.469 e. The Morgan fingerprint density at radius 2 is 2.19 bits per heavy atom. The summed E-state index contributed by atoms with van der Waals surface area (Å²) in [5, 5.41) is 14.5. The summed E-state index contributed by atoms with van der Waals surface area (Å²) in [5.41, 5.74) is 2.78. The third-order valence-corrected chi connectivity index (χ3v) is 3.66. The van der Waals surface area contributed by atoms with Crippen molar-refractivity contribution in [2.24, 2.45) is 0 Å². The smallest absolute Gasteiger partial charge is 0.305 e. The molecule has 0 unspecified atom stereocenters. The van der Waals surface area contributed by atoms with Gasteiger partial charge in [-0.25, -0.2) is 4.98 Å². The maximum atomic E-state index is 11.1. The van der Waals surface area contributed by atoms with E-state index >= 15 is 0 Å². The van der Waals surface area contributed by atoms with Crippen LogP contribution in [-0.2, 0) is 22.4 Å². The monoisotopic (exact) mass is 301 g/mol. The van der Waals surface area contributed by atoms with Crippen molar-refractivity contribution in [1.82, 2.24) is 4.98 Å². The summed E-state index contributed by atoms with van der Waals surface area (Å²) in [7, 11) is 1.38. The molecule has 2 rings (SSSR count). The molecule has 0 aliphatic carbocycles. The topological polar surface area (TPSA) is 75.0 Å². The Morgan fingerprint density at radius 1 is 1.43 bits per heavy atom. The summed E-state index contributed by atoms with van der Waals surface area (Å²) >= 11 is 1.49. The molecule has 5 nitrogen and oxygen atoms in total. The number of nitrogens with zero attached hydrogens (tertiary/aromatic N) is 2. The fourth-order valence-electron chi connectivity index (χ4n) is 1.73. The predicted octanol–water partition coefficient (Wildman–Crippen LogP) is 3.06. The Bertz CT molecular complexity index is 644. The number of carbonyl (C=O) groups is 1. The average Bonchev–Trinajstić information content (AvgIpc) is 2.94. The van der Waals surface area contributed by atoms with E-state index in [1.165, 1.54) is 18.4 Å². The van der Waals surface area contributed by atoms with Crippen molar-refractivity contribution >= 4 is 28.1 Å². The first-order chi connectivity index (χ1) is 10.2. The molecule has 6 heteroatoms. The average molecular weight is 301 g/mol. The molecule has 0 radical (unpaired) electrons. The van der Waals surface area contributed by atoms with Crippen LogP contribution in [0.3, 0.4) is 0 Å². The number of thiazole rings is 1. The van der Waals surface area contributed by atoms with Crippen molar-refractivity contribution in [1.29, 1.82) is 5.26 Å². The van der Waals surface area contributed by atoms with E-state index in [2.05, 4.69) is 21.1 Å². The molecule has 0 saturated heterocycles. The van der Waals surface area contributed by atoms with Gasteiger partial charge in [0.1, 0.15) is 0 Å². The zero-order valence-electron chi connectivity index (χ0n) is 11.6. The second-order valence-corrected chi connectivity index (χ2v) is 5.24. The molecule has 0 aliphatic heterocycles. The number of aryl methyl sites for hydroxylation is 1. The first kappa shape index (κ1) is 15.0. The first-order valence-electron chi connectivity index (χ1n) is 6.45. The van der Waals surface area contributed by atoms with Crippen molar-refractivity contribution in [3.63, 3.8) is 0 Å². The highest BCUT2D eigenvalue weighted by molar-refractivity contribution is 7.13. The largest absolute Gasteiger partial charge is 0.469 e. The minimum atomic E-state index is -0.231. The number of ether oxygens (including phenoxy) is 1. The molecule has 1 aromatic heterocycles. The fraction of sp³-hybridized carbons (Fsp3) is 0.267. The van der Waals surface area contributed by atoms with E-state index in [9.17, 15) is 4.79 Å². The van der Waals surface area contributed by atoms with Crippen molar-refractivity contribution in [2.45, 2.75) is 19.3 Å². The van der Waals surface area contributed by atoms with Gasteiger partial charge in [0.2, 0.25) is 0 Å². The Hall–Kier alpha value is -2.39. The van der Waals surface area contributed by atoms with E-state index in [4.69, 9.17) is 5.26 Å². The maximum Gasteiger partial charge on any atom is 0.305 e. The summed E-state index contributed by atoms with van der Waals surface area (Å²) in [6.07, 6.45) is 1.32. The molecule has 0 fully saturated rings. The minimum absolute atomic E-state index is 0.231. The quantitative estimate of drug-likeness (QED) is 0.830. The Labute approximate surface area is 127 Å². The molecule has 1 aromatic carbocycles. The summed E-state index contributed by atoms with van der Waals surface area (Å²) in [6.45, 7) is 0. The van der Waals surface area contributed by atoms with E-state index in [0.717, 1.165) is 22.1 Å². The fourth-order valence-corrected chi connectivity index (χ4v) is 2.50. The van der Waals surface area contributed by atoms with Crippen molar-refractivity contribution in [2.75, 3.05) is 12.4 Å². The molecule has 2 aromatic rings. The lowest BCUT2D eigenvalue weighted by Crippen LogP contribution is -2.02. The van der Waals surface area contributed by atoms with Crippen LogP contribution < -0.4 is 5.32 Å². The van der Waals surface area contributed by atoms with Crippen LogP contribution in [0, 0.1) is 11.3 Å². The number of esters is 1. The second kappa shape index (κ2) is 7.41. The first-order valence-corrected chi connectivity index (χ1v) is 7.33. The van der Waals surface area contributed by atoms with Gasteiger partial charge < -0.3 is 10.1 Å². The van der Waals surface area contributed by atoms with Gasteiger partial charge in [-0.3, -0.25) is 4.79 Å². The van der Waals surface area contributed by atoms with Gasteiger partial charge in [-0.15, -0.1) is 11.3 Å². The number of nitrogens with one attached hydrogen (secondary N) is 1. The van der Waals surface area contributed by atoms with Crippen LogP contribution >= 0.6 is 11.3 Å². The van der Waals surface area contributed by atoms with Crippen LogP contribution in [0.4, 0.5) is 10.8 Å². The number of nitriles is 1. The number of rotatable bonds is 6. The van der Waals surface area contributed by atoms with E-state index in [1.807, 2.05) is 29.6 Å². The van der Waals surface area contributed by atoms with E-state index < -0.39 is 0 Å². The lowest BCUT2D eigenvalue weighted by atomic mass is 10.1. The molecule has 0 spiro atoms. The molecular weight excluding hydrogens is 286 g/mol. The third-order valence-electron chi connectivity index (χ3n) is 2.85. The normalized spacial score (nSPS) is 9.90. The van der Waals surface area contributed by atoms with Crippen molar-refractivity contribution in [3.05, 3.63) is 40.9 Å². The van der Waals surface area contributed by atoms with Gasteiger partial charge in [0.25, 0.3) is 0 Å². The van der Waals surface area contributed by atoms with E-state index in [-0.39, 0.29) is 5.97 Å². The molecular formula is C15H15N3O2S. The number of methoxy groups -OCH3 is 1. The van der Waals surface area contributed by atoms with Crippen LogP contribution in [0.1, 0.15) is 17.7 Å². The highest BCUT2D eigenvalue weighted by Crippen LogP contribution is 2.22. The molecule has 21 heavy (non-hydrogen) atoms. The number of aromatic nitrogens is 1. The van der Waals surface area contributed by atoms with Crippen molar-refractivity contribution < 1.29 is 9.53 Å². The highest BCUT2D eigenvalue weighted by atomic mass is 32.1. The van der Waals surface area contributed by atoms with Crippen LogP contribution in [0.2, 0.25) is 0 Å². The van der Waals surface area contributed by atoms with Gasteiger partial charge in [0, 0.05) is 17.5 Å². The van der Waals surface area contributed by atoms with E-state index in [0.29, 0.717) is 19.3 Å². The van der Waals surface area contributed by atoms with E-state index in [1.54, 1.807) is 0 Å². The second-order valence-electron chi connectivity index (χ2n) is 4.38. The Balaban J connectivity index is 1.92.